The molecule has 0 atom stereocenters. The van der Waals surface area contributed by atoms with Gasteiger partial charge in [0.15, 0.2) is 0 Å². The molecule has 1 fully saturated rings. The minimum absolute atomic E-state index is 0.00438. The summed E-state index contributed by atoms with van der Waals surface area (Å²) in [6.07, 6.45) is 0. The summed E-state index contributed by atoms with van der Waals surface area (Å²) in [4.78, 5) is 11.3. The molecule has 2 rings (SSSR count). The lowest BCUT2D eigenvalue weighted by molar-refractivity contribution is -0.160. The van der Waals surface area contributed by atoms with Gasteiger partial charge in [-0.25, -0.2) is 4.79 Å². The molecule has 1 aromatic rings. The van der Waals surface area contributed by atoms with E-state index in [-0.39, 0.29) is 18.2 Å². The second-order valence-corrected chi connectivity index (χ2v) is 4.06. The van der Waals surface area contributed by atoms with Crippen LogP contribution in [0.15, 0.2) is 30.3 Å². The Kier molecular flexibility index (Phi) is 3.76. The number of nitrogens with one attached hydrogen (secondary N) is 1. The molecule has 1 aromatic carbocycles. The van der Waals surface area contributed by atoms with Crippen molar-refractivity contribution in [3.8, 4) is 0 Å². The van der Waals surface area contributed by atoms with Crippen LogP contribution < -0.4 is 5.32 Å². The fraction of sp³-hybridized carbons (Fsp3) is 0.462. The summed E-state index contributed by atoms with van der Waals surface area (Å²) in [6, 6.07) is 9.96. The lowest BCUT2D eigenvalue weighted by atomic mass is 9.88. The summed E-state index contributed by atoms with van der Waals surface area (Å²) < 4.78 is 10.6. The van der Waals surface area contributed by atoms with Crippen LogP contribution in [0.3, 0.4) is 0 Å². The predicted molar refractivity (Wildman–Crippen MR) is 63.6 cm³/mol. The molecule has 92 valence electrons. The van der Waals surface area contributed by atoms with Crippen LogP contribution >= 0.6 is 0 Å². The lowest BCUT2D eigenvalue weighted by Crippen LogP contribution is -2.59. The van der Waals surface area contributed by atoms with Crippen LogP contribution in [-0.2, 0) is 19.9 Å². The first kappa shape index (κ1) is 12.1. The molecule has 4 heteroatoms. The number of hydrogen-bond donors (Lipinski definition) is 1. The Labute approximate surface area is 101 Å². The lowest BCUT2D eigenvalue weighted by Gasteiger charge is -2.42. The van der Waals surface area contributed by atoms with Crippen LogP contribution in [0.5, 0.6) is 0 Å². The third-order valence-electron chi connectivity index (χ3n) is 2.89. The van der Waals surface area contributed by atoms with Crippen molar-refractivity contribution in [2.45, 2.75) is 12.5 Å². The summed E-state index contributed by atoms with van der Waals surface area (Å²) in [5.41, 5.74) is 0.733. The average molecular weight is 235 g/mol. The number of ether oxygens (including phenoxy) is 2. The Balaban J connectivity index is 1.99. The summed E-state index contributed by atoms with van der Waals surface area (Å²) in [5.74, 6) is -0.310. The van der Waals surface area contributed by atoms with Crippen molar-refractivity contribution >= 4 is 5.97 Å². The standard InChI is InChI=1S/C13H17NO3/c1-2-16-12(15)8-17-13(9-14-10-13)11-6-4-3-5-7-11/h3-7,14H,2,8-10H2,1H3. The van der Waals surface area contributed by atoms with Crippen molar-refractivity contribution in [1.82, 2.24) is 5.32 Å². The highest BCUT2D eigenvalue weighted by atomic mass is 16.6. The molecule has 0 aliphatic carbocycles. The molecule has 0 spiro atoms. The number of benzene rings is 1. The van der Waals surface area contributed by atoms with Crippen molar-refractivity contribution < 1.29 is 14.3 Å². The molecule has 0 bridgehead atoms. The highest BCUT2D eigenvalue weighted by molar-refractivity contribution is 5.70. The zero-order valence-corrected chi connectivity index (χ0v) is 9.94. The van der Waals surface area contributed by atoms with Crippen molar-refractivity contribution in [1.29, 1.82) is 0 Å². The molecule has 1 N–H and O–H groups in total. The van der Waals surface area contributed by atoms with Crippen LogP contribution in [-0.4, -0.2) is 32.3 Å². The average Bonchev–Trinajstić information content (AvgIpc) is 2.29. The van der Waals surface area contributed by atoms with Crippen LogP contribution in [0.4, 0.5) is 0 Å². The predicted octanol–water partition coefficient (Wildman–Crippen LogP) is 1.06. The Morgan fingerprint density at radius 2 is 2.06 bits per heavy atom. The largest absolute Gasteiger partial charge is 0.464 e. The number of hydrogen-bond acceptors (Lipinski definition) is 4. The smallest absolute Gasteiger partial charge is 0.332 e. The molecule has 0 aromatic heterocycles. The molecular weight excluding hydrogens is 218 g/mol. The van der Waals surface area contributed by atoms with Gasteiger partial charge in [0.2, 0.25) is 0 Å². The molecule has 17 heavy (non-hydrogen) atoms. The minimum Gasteiger partial charge on any atom is -0.464 e. The molecule has 0 unspecified atom stereocenters. The van der Waals surface area contributed by atoms with E-state index in [0.29, 0.717) is 6.61 Å². The summed E-state index contributed by atoms with van der Waals surface area (Å²) >= 11 is 0. The van der Waals surface area contributed by atoms with Crippen LogP contribution in [0, 0.1) is 0 Å². The quantitative estimate of drug-likeness (QED) is 0.775. The number of carbonyl (C=O) groups is 1. The van der Waals surface area contributed by atoms with E-state index in [0.717, 1.165) is 18.7 Å². The monoisotopic (exact) mass is 235 g/mol. The second kappa shape index (κ2) is 5.29. The van der Waals surface area contributed by atoms with Gasteiger partial charge in [0.05, 0.1) is 6.61 Å². The van der Waals surface area contributed by atoms with Crippen molar-refractivity contribution in [3.05, 3.63) is 35.9 Å². The van der Waals surface area contributed by atoms with E-state index >= 15 is 0 Å². The minimum atomic E-state index is -0.367. The summed E-state index contributed by atoms with van der Waals surface area (Å²) in [7, 11) is 0. The van der Waals surface area contributed by atoms with Crippen molar-refractivity contribution in [2.75, 3.05) is 26.3 Å². The molecule has 0 radical (unpaired) electrons. The highest BCUT2D eigenvalue weighted by Crippen LogP contribution is 2.29. The Morgan fingerprint density at radius 3 is 2.59 bits per heavy atom. The first-order chi connectivity index (χ1) is 8.27. The number of esters is 1. The summed E-state index contributed by atoms with van der Waals surface area (Å²) in [6.45, 7) is 3.64. The van der Waals surface area contributed by atoms with Gasteiger partial charge in [-0.1, -0.05) is 30.3 Å². The molecule has 0 saturated carbocycles. The van der Waals surface area contributed by atoms with Gasteiger partial charge in [-0.2, -0.15) is 0 Å². The van der Waals surface area contributed by atoms with Crippen molar-refractivity contribution in [3.63, 3.8) is 0 Å². The van der Waals surface area contributed by atoms with E-state index in [1.54, 1.807) is 6.92 Å². The van der Waals surface area contributed by atoms with Crippen molar-refractivity contribution in [2.24, 2.45) is 0 Å². The molecule has 1 aliphatic heterocycles. The van der Waals surface area contributed by atoms with E-state index in [1.165, 1.54) is 0 Å². The summed E-state index contributed by atoms with van der Waals surface area (Å²) in [5, 5.41) is 3.18. The van der Waals surface area contributed by atoms with Gasteiger partial charge in [0.25, 0.3) is 0 Å². The molecule has 1 saturated heterocycles. The number of rotatable bonds is 5. The van der Waals surface area contributed by atoms with Gasteiger partial charge in [-0.05, 0) is 12.5 Å². The van der Waals surface area contributed by atoms with E-state index < -0.39 is 0 Å². The maximum Gasteiger partial charge on any atom is 0.332 e. The molecule has 4 nitrogen and oxygen atoms in total. The Bertz CT molecular complexity index is 374. The zero-order valence-electron chi connectivity index (χ0n) is 9.94. The van der Waals surface area contributed by atoms with Gasteiger partial charge in [0.1, 0.15) is 12.2 Å². The van der Waals surface area contributed by atoms with Crippen LogP contribution in [0.1, 0.15) is 12.5 Å². The molecular formula is C13H17NO3. The highest BCUT2D eigenvalue weighted by Gasteiger charge is 2.40. The van der Waals surface area contributed by atoms with Gasteiger partial charge >= 0.3 is 5.97 Å². The topological polar surface area (TPSA) is 47.6 Å². The fourth-order valence-electron chi connectivity index (χ4n) is 1.88. The molecule has 1 heterocycles. The zero-order chi connectivity index (χ0) is 12.1. The van der Waals surface area contributed by atoms with E-state index in [2.05, 4.69) is 5.32 Å². The molecule has 1 aliphatic rings. The van der Waals surface area contributed by atoms with E-state index in [4.69, 9.17) is 9.47 Å². The first-order valence-electron chi connectivity index (χ1n) is 5.83. The third-order valence-corrected chi connectivity index (χ3v) is 2.89. The van der Waals surface area contributed by atoms with E-state index in [9.17, 15) is 4.79 Å². The SMILES string of the molecule is CCOC(=O)COC1(c2ccccc2)CNC1. The molecule has 0 amide bonds. The Morgan fingerprint density at radius 1 is 1.35 bits per heavy atom. The van der Waals surface area contributed by atoms with Gasteiger partial charge in [0, 0.05) is 13.1 Å². The maximum absolute atomic E-state index is 11.3. The van der Waals surface area contributed by atoms with E-state index in [1.807, 2.05) is 30.3 Å². The van der Waals surface area contributed by atoms with Gasteiger partial charge in [-0.3, -0.25) is 0 Å². The first-order valence-corrected chi connectivity index (χ1v) is 5.83. The fourth-order valence-corrected chi connectivity index (χ4v) is 1.88. The van der Waals surface area contributed by atoms with Gasteiger partial charge in [-0.15, -0.1) is 0 Å². The van der Waals surface area contributed by atoms with Crippen LogP contribution in [0.25, 0.3) is 0 Å². The number of carbonyl (C=O) groups excluding carboxylic acids is 1. The Hall–Kier alpha value is -1.39. The third kappa shape index (κ3) is 2.65. The normalized spacial score (nSPS) is 17.2. The maximum atomic E-state index is 11.3. The van der Waals surface area contributed by atoms with Gasteiger partial charge < -0.3 is 14.8 Å². The second-order valence-electron chi connectivity index (χ2n) is 4.06. The van der Waals surface area contributed by atoms with Crippen LogP contribution in [0.2, 0.25) is 0 Å².